The third-order valence-electron chi connectivity index (χ3n) is 3.64. The molecule has 0 spiro atoms. The predicted octanol–water partition coefficient (Wildman–Crippen LogP) is 3.43. The summed E-state index contributed by atoms with van der Waals surface area (Å²) in [6.45, 7) is 3.04. The second-order valence-electron chi connectivity index (χ2n) is 5.31. The largest absolute Gasteiger partial charge is 0.492 e. The van der Waals surface area contributed by atoms with Gasteiger partial charge in [-0.25, -0.2) is 9.67 Å². The zero-order valence-corrected chi connectivity index (χ0v) is 16.2. The summed E-state index contributed by atoms with van der Waals surface area (Å²) in [4.78, 5) is 4.25. The Morgan fingerprint density at radius 3 is 2.35 bits per heavy atom. The number of aryl methyl sites for hydroxylation is 1. The smallest absolute Gasteiger partial charge is 0.213 e. The molecule has 1 aromatic carbocycles. The maximum absolute atomic E-state index is 5.53. The fourth-order valence-electron chi connectivity index (χ4n) is 2.48. The highest BCUT2D eigenvalue weighted by molar-refractivity contribution is 5.85. The van der Waals surface area contributed by atoms with E-state index in [0.717, 1.165) is 28.3 Å². The second kappa shape index (κ2) is 10.0. The molecule has 8 heteroatoms. The SMILES string of the molecule is COc1ccc(-n2ncc(C)c2-c2ccc(OCCN)cc2)cn1.Cl.Cl. The molecule has 0 amide bonds. The van der Waals surface area contributed by atoms with Crippen LogP contribution in [-0.2, 0) is 0 Å². The quantitative estimate of drug-likeness (QED) is 0.690. The number of benzene rings is 1. The van der Waals surface area contributed by atoms with Gasteiger partial charge in [0.1, 0.15) is 12.4 Å². The summed E-state index contributed by atoms with van der Waals surface area (Å²) in [6.07, 6.45) is 3.59. The van der Waals surface area contributed by atoms with Crippen molar-refractivity contribution in [1.29, 1.82) is 0 Å². The maximum atomic E-state index is 5.53. The molecule has 0 aliphatic rings. The van der Waals surface area contributed by atoms with Gasteiger partial charge in [-0.15, -0.1) is 24.8 Å². The van der Waals surface area contributed by atoms with E-state index in [2.05, 4.69) is 10.1 Å². The lowest BCUT2D eigenvalue weighted by Gasteiger charge is -2.10. The number of methoxy groups -OCH3 is 1. The van der Waals surface area contributed by atoms with Crippen LogP contribution in [0.4, 0.5) is 0 Å². The second-order valence-corrected chi connectivity index (χ2v) is 5.31. The van der Waals surface area contributed by atoms with Crippen LogP contribution in [-0.4, -0.2) is 35.0 Å². The molecule has 0 atom stereocenters. The molecule has 0 aliphatic carbocycles. The summed E-state index contributed by atoms with van der Waals surface area (Å²) >= 11 is 0. The molecule has 0 fully saturated rings. The van der Waals surface area contributed by atoms with Crippen LogP contribution >= 0.6 is 24.8 Å². The van der Waals surface area contributed by atoms with Crippen LogP contribution in [0.3, 0.4) is 0 Å². The van der Waals surface area contributed by atoms with Gasteiger partial charge in [0.25, 0.3) is 0 Å². The molecule has 0 radical (unpaired) electrons. The number of nitrogens with two attached hydrogens (primary N) is 1. The fraction of sp³-hybridized carbons (Fsp3) is 0.222. The minimum absolute atomic E-state index is 0. The van der Waals surface area contributed by atoms with Crippen LogP contribution in [0.2, 0.25) is 0 Å². The van der Waals surface area contributed by atoms with Crippen molar-refractivity contribution in [2.24, 2.45) is 5.73 Å². The van der Waals surface area contributed by atoms with Crippen molar-refractivity contribution in [3.05, 3.63) is 54.4 Å². The Kier molecular flexibility index (Phi) is 8.38. The van der Waals surface area contributed by atoms with Crippen LogP contribution in [0.25, 0.3) is 16.9 Å². The Balaban J connectivity index is 0.00000169. The van der Waals surface area contributed by atoms with E-state index in [9.17, 15) is 0 Å². The molecule has 0 bridgehead atoms. The van der Waals surface area contributed by atoms with Crippen molar-refractivity contribution in [2.75, 3.05) is 20.3 Å². The van der Waals surface area contributed by atoms with Crippen LogP contribution < -0.4 is 15.2 Å². The van der Waals surface area contributed by atoms with Crippen LogP contribution in [0.1, 0.15) is 5.56 Å². The first-order valence-electron chi connectivity index (χ1n) is 7.71. The monoisotopic (exact) mass is 396 g/mol. The first-order valence-corrected chi connectivity index (χ1v) is 7.71. The number of ether oxygens (including phenoxy) is 2. The number of rotatable bonds is 6. The summed E-state index contributed by atoms with van der Waals surface area (Å²) in [5, 5.41) is 4.48. The zero-order valence-electron chi connectivity index (χ0n) is 14.6. The Bertz CT molecular complexity index is 805. The number of hydrogen-bond donors (Lipinski definition) is 1. The fourth-order valence-corrected chi connectivity index (χ4v) is 2.48. The van der Waals surface area contributed by atoms with Crippen molar-refractivity contribution < 1.29 is 9.47 Å². The highest BCUT2D eigenvalue weighted by Gasteiger charge is 2.12. The Morgan fingerprint density at radius 2 is 1.77 bits per heavy atom. The average Bonchev–Trinajstić information content (AvgIpc) is 3.02. The number of pyridine rings is 1. The summed E-state index contributed by atoms with van der Waals surface area (Å²) < 4.78 is 12.5. The van der Waals surface area contributed by atoms with Crippen LogP contribution in [0, 0.1) is 6.92 Å². The molecule has 140 valence electrons. The molecule has 3 aromatic rings. The van der Waals surface area contributed by atoms with Gasteiger partial charge in [0.15, 0.2) is 0 Å². The van der Waals surface area contributed by atoms with Crippen molar-refractivity contribution in [3.8, 4) is 28.6 Å². The third-order valence-corrected chi connectivity index (χ3v) is 3.64. The Labute approximate surface area is 165 Å². The van der Waals surface area contributed by atoms with Crippen molar-refractivity contribution in [3.63, 3.8) is 0 Å². The highest BCUT2D eigenvalue weighted by Crippen LogP contribution is 2.28. The summed E-state index contributed by atoms with van der Waals surface area (Å²) in [6, 6.07) is 11.7. The number of aromatic nitrogens is 3. The van der Waals surface area contributed by atoms with Gasteiger partial charge in [-0.1, -0.05) is 0 Å². The molecule has 3 rings (SSSR count). The topological polar surface area (TPSA) is 75.2 Å². The molecule has 26 heavy (non-hydrogen) atoms. The number of nitrogens with zero attached hydrogens (tertiary/aromatic N) is 3. The van der Waals surface area contributed by atoms with Gasteiger partial charge in [0, 0.05) is 18.2 Å². The molecular formula is C18H22Cl2N4O2. The van der Waals surface area contributed by atoms with E-state index in [0.29, 0.717) is 19.0 Å². The van der Waals surface area contributed by atoms with Gasteiger partial charge in [0.2, 0.25) is 5.88 Å². The lowest BCUT2D eigenvalue weighted by atomic mass is 10.1. The lowest BCUT2D eigenvalue weighted by molar-refractivity contribution is 0.328. The maximum Gasteiger partial charge on any atom is 0.213 e. The molecule has 0 saturated carbocycles. The van der Waals surface area contributed by atoms with Crippen molar-refractivity contribution in [1.82, 2.24) is 14.8 Å². The molecule has 2 N–H and O–H groups in total. The Hall–Kier alpha value is -2.28. The summed E-state index contributed by atoms with van der Waals surface area (Å²) in [7, 11) is 1.60. The summed E-state index contributed by atoms with van der Waals surface area (Å²) in [5.74, 6) is 1.38. The predicted molar refractivity (Wildman–Crippen MR) is 107 cm³/mol. The van der Waals surface area contributed by atoms with Gasteiger partial charge in [-0.05, 0) is 42.8 Å². The first-order chi connectivity index (χ1) is 11.7. The highest BCUT2D eigenvalue weighted by atomic mass is 35.5. The van der Waals surface area contributed by atoms with Crippen molar-refractivity contribution >= 4 is 24.8 Å². The van der Waals surface area contributed by atoms with E-state index in [1.807, 2.05) is 54.2 Å². The molecule has 2 aromatic heterocycles. The van der Waals surface area contributed by atoms with E-state index >= 15 is 0 Å². The average molecular weight is 397 g/mol. The Morgan fingerprint density at radius 1 is 1.04 bits per heavy atom. The van der Waals surface area contributed by atoms with Gasteiger partial charge in [-0.3, -0.25) is 0 Å². The van der Waals surface area contributed by atoms with Gasteiger partial charge < -0.3 is 15.2 Å². The normalized spacial score (nSPS) is 9.81. The molecular weight excluding hydrogens is 375 g/mol. The van der Waals surface area contributed by atoms with Gasteiger partial charge in [-0.2, -0.15) is 5.10 Å². The number of halogens is 2. The lowest BCUT2D eigenvalue weighted by Crippen LogP contribution is -2.10. The molecule has 0 unspecified atom stereocenters. The molecule has 0 saturated heterocycles. The van der Waals surface area contributed by atoms with Crippen LogP contribution in [0.15, 0.2) is 48.8 Å². The van der Waals surface area contributed by atoms with E-state index in [1.165, 1.54) is 0 Å². The first kappa shape index (κ1) is 21.8. The minimum Gasteiger partial charge on any atom is -0.492 e. The standard InChI is InChI=1S/C18H20N4O2.2ClH/c1-13-11-21-22(15-5-8-17(23-2)20-12-15)18(13)14-3-6-16(7-4-14)24-10-9-19;;/h3-8,11-12H,9-10,19H2,1-2H3;2*1H. The van der Waals surface area contributed by atoms with E-state index < -0.39 is 0 Å². The van der Waals surface area contributed by atoms with E-state index in [4.69, 9.17) is 15.2 Å². The number of hydrogen-bond acceptors (Lipinski definition) is 5. The van der Waals surface area contributed by atoms with E-state index in [1.54, 1.807) is 13.3 Å². The van der Waals surface area contributed by atoms with Gasteiger partial charge in [0.05, 0.1) is 30.9 Å². The van der Waals surface area contributed by atoms with Crippen molar-refractivity contribution in [2.45, 2.75) is 6.92 Å². The summed E-state index contributed by atoms with van der Waals surface area (Å²) in [5.41, 5.74) is 9.50. The minimum atomic E-state index is 0. The third kappa shape index (κ3) is 4.66. The molecule has 6 nitrogen and oxygen atoms in total. The molecule has 0 aliphatic heterocycles. The zero-order chi connectivity index (χ0) is 16.9. The van der Waals surface area contributed by atoms with Crippen LogP contribution in [0.5, 0.6) is 11.6 Å². The van der Waals surface area contributed by atoms with E-state index in [-0.39, 0.29) is 24.8 Å². The van der Waals surface area contributed by atoms with Gasteiger partial charge >= 0.3 is 0 Å². The molecule has 2 heterocycles.